The van der Waals surface area contributed by atoms with Crippen LogP contribution in [0.4, 0.5) is 0 Å². The minimum Gasteiger partial charge on any atom is -0.495 e. The lowest BCUT2D eigenvalue weighted by atomic mass is 10.1. The molecule has 1 rings (SSSR count). The first-order valence-electron chi connectivity index (χ1n) is 3.99. The lowest BCUT2D eigenvalue weighted by Crippen LogP contribution is -1.88. The van der Waals surface area contributed by atoms with E-state index in [2.05, 4.69) is 24.5 Å². The highest BCUT2D eigenvalue weighted by Crippen LogP contribution is 2.18. The molecular formula is C11H9NOS. The number of nitrogens with zero attached hydrogens (tertiary/aromatic N) is 1. The Morgan fingerprint density at radius 1 is 1.50 bits per heavy atom. The Hall–Kier alpha value is -1.58. The summed E-state index contributed by atoms with van der Waals surface area (Å²) in [5, 5.41) is 8.74. The quantitative estimate of drug-likeness (QED) is 0.558. The molecule has 0 spiro atoms. The summed E-state index contributed by atoms with van der Waals surface area (Å²) in [6, 6.07) is 7.27. The molecule has 0 saturated heterocycles. The predicted octanol–water partition coefficient (Wildman–Crippen LogP) is 1.85. The van der Waals surface area contributed by atoms with Gasteiger partial charge < -0.3 is 4.74 Å². The largest absolute Gasteiger partial charge is 0.495 e. The SMILES string of the molecule is COc1cc(C#CCS)ccc1C#N. The molecule has 14 heavy (non-hydrogen) atoms. The highest BCUT2D eigenvalue weighted by molar-refractivity contribution is 7.80. The first-order chi connectivity index (χ1) is 6.81. The smallest absolute Gasteiger partial charge is 0.137 e. The van der Waals surface area contributed by atoms with E-state index in [0.29, 0.717) is 17.1 Å². The Bertz CT molecular complexity index is 423. The topological polar surface area (TPSA) is 33.0 Å². The van der Waals surface area contributed by atoms with Crippen LogP contribution in [0.15, 0.2) is 18.2 Å². The molecule has 0 amide bonds. The Morgan fingerprint density at radius 2 is 2.29 bits per heavy atom. The van der Waals surface area contributed by atoms with Crippen LogP contribution in [0.1, 0.15) is 11.1 Å². The van der Waals surface area contributed by atoms with Crippen molar-refractivity contribution in [1.29, 1.82) is 5.26 Å². The molecule has 0 heterocycles. The van der Waals surface area contributed by atoms with Gasteiger partial charge in [0.15, 0.2) is 0 Å². The predicted molar refractivity (Wildman–Crippen MR) is 58.4 cm³/mol. The maximum absolute atomic E-state index is 8.74. The van der Waals surface area contributed by atoms with Crippen LogP contribution >= 0.6 is 12.6 Å². The Labute approximate surface area is 88.9 Å². The maximum Gasteiger partial charge on any atom is 0.137 e. The van der Waals surface area contributed by atoms with Crippen LogP contribution < -0.4 is 4.74 Å². The van der Waals surface area contributed by atoms with Gasteiger partial charge in [-0.15, -0.1) is 0 Å². The highest BCUT2D eigenvalue weighted by Gasteiger charge is 2.01. The van der Waals surface area contributed by atoms with Gasteiger partial charge in [0.25, 0.3) is 0 Å². The zero-order valence-corrected chi connectivity index (χ0v) is 8.64. The van der Waals surface area contributed by atoms with Crippen molar-refractivity contribution in [1.82, 2.24) is 0 Å². The van der Waals surface area contributed by atoms with Crippen LogP contribution in [0.2, 0.25) is 0 Å². The third kappa shape index (κ3) is 2.45. The minimum absolute atomic E-state index is 0.516. The fourth-order valence-corrected chi connectivity index (χ4v) is 1.08. The second-order valence-electron chi connectivity index (χ2n) is 2.49. The van der Waals surface area contributed by atoms with Gasteiger partial charge in [-0.2, -0.15) is 17.9 Å². The summed E-state index contributed by atoms with van der Waals surface area (Å²) in [6.45, 7) is 0. The molecule has 0 aliphatic carbocycles. The van der Waals surface area contributed by atoms with E-state index in [4.69, 9.17) is 10.00 Å². The second kappa shape index (κ2) is 5.21. The second-order valence-corrected chi connectivity index (χ2v) is 2.80. The number of ether oxygens (including phenoxy) is 1. The minimum atomic E-state index is 0.516. The van der Waals surface area contributed by atoms with Gasteiger partial charge in [0.1, 0.15) is 11.8 Å². The molecule has 0 unspecified atom stereocenters. The molecule has 3 heteroatoms. The van der Waals surface area contributed by atoms with Crippen molar-refractivity contribution in [2.24, 2.45) is 0 Å². The van der Waals surface area contributed by atoms with Crippen LogP contribution in [0.5, 0.6) is 5.75 Å². The van der Waals surface area contributed by atoms with Gasteiger partial charge in [-0.3, -0.25) is 0 Å². The van der Waals surface area contributed by atoms with Crippen LogP contribution in [0, 0.1) is 23.2 Å². The third-order valence-electron chi connectivity index (χ3n) is 1.63. The van der Waals surface area contributed by atoms with E-state index >= 15 is 0 Å². The molecule has 0 saturated carbocycles. The van der Waals surface area contributed by atoms with Gasteiger partial charge in [-0.1, -0.05) is 11.8 Å². The Balaban J connectivity index is 3.09. The average Bonchev–Trinajstić information content (AvgIpc) is 2.25. The van der Waals surface area contributed by atoms with Gasteiger partial charge in [0, 0.05) is 5.56 Å². The summed E-state index contributed by atoms with van der Waals surface area (Å²) in [5.74, 6) is 6.80. The van der Waals surface area contributed by atoms with Crippen molar-refractivity contribution < 1.29 is 4.74 Å². The van der Waals surface area contributed by atoms with E-state index in [9.17, 15) is 0 Å². The van der Waals surface area contributed by atoms with Crippen molar-refractivity contribution >= 4 is 12.6 Å². The summed E-state index contributed by atoms with van der Waals surface area (Å²) in [6.07, 6.45) is 0. The summed E-state index contributed by atoms with van der Waals surface area (Å²) in [4.78, 5) is 0. The standard InChI is InChI=1S/C11H9NOS/c1-13-11-7-9(3-2-6-14)4-5-10(11)8-12/h4-5,7,14H,6H2,1H3. The molecule has 0 radical (unpaired) electrons. The third-order valence-corrected chi connectivity index (χ3v) is 1.79. The van der Waals surface area contributed by atoms with Gasteiger partial charge in [-0.25, -0.2) is 0 Å². The molecule has 0 aromatic heterocycles. The van der Waals surface area contributed by atoms with Crippen LogP contribution in [0.3, 0.4) is 0 Å². The van der Waals surface area contributed by atoms with Crippen molar-refractivity contribution in [2.45, 2.75) is 0 Å². The molecule has 0 fully saturated rings. The molecule has 0 atom stereocenters. The van der Waals surface area contributed by atoms with Crippen molar-refractivity contribution in [3.8, 4) is 23.7 Å². The fraction of sp³-hybridized carbons (Fsp3) is 0.182. The van der Waals surface area contributed by atoms with Gasteiger partial charge >= 0.3 is 0 Å². The number of thiol groups is 1. The maximum atomic E-state index is 8.74. The summed E-state index contributed by atoms with van der Waals surface area (Å²) in [7, 11) is 1.53. The van der Waals surface area contributed by atoms with E-state index in [1.807, 2.05) is 6.07 Å². The van der Waals surface area contributed by atoms with E-state index < -0.39 is 0 Å². The zero-order valence-electron chi connectivity index (χ0n) is 7.74. The molecule has 70 valence electrons. The number of benzene rings is 1. The van der Waals surface area contributed by atoms with Crippen LogP contribution in [-0.2, 0) is 0 Å². The molecular weight excluding hydrogens is 194 g/mol. The van der Waals surface area contributed by atoms with Crippen molar-refractivity contribution in [2.75, 3.05) is 12.9 Å². The van der Waals surface area contributed by atoms with E-state index in [1.165, 1.54) is 7.11 Å². The summed E-state index contributed by atoms with van der Waals surface area (Å²) in [5.41, 5.74) is 1.35. The van der Waals surface area contributed by atoms with Crippen molar-refractivity contribution in [3.05, 3.63) is 29.3 Å². The summed E-state index contributed by atoms with van der Waals surface area (Å²) >= 11 is 3.98. The highest BCUT2D eigenvalue weighted by atomic mass is 32.1. The number of nitriles is 1. The van der Waals surface area contributed by atoms with Gasteiger partial charge in [0.2, 0.25) is 0 Å². The molecule has 1 aromatic rings. The number of rotatable bonds is 1. The van der Waals surface area contributed by atoms with E-state index in [1.54, 1.807) is 18.2 Å². The monoisotopic (exact) mass is 203 g/mol. The lowest BCUT2D eigenvalue weighted by molar-refractivity contribution is 0.413. The normalized spacial score (nSPS) is 8.36. The van der Waals surface area contributed by atoms with E-state index in [0.717, 1.165) is 5.56 Å². The van der Waals surface area contributed by atoms with Crippen LogP contribution in [-0.4, -0.2) is 12.9 Å². The fourth-order valence-electron chi connectivity index (χ4n) is 1.00. The number of hydrogen-bond acceptors (Lipinski definition) is 3. The number of methoxy groups -OCH3 is 1. The van der Waals surface area contributed by atoms with E-state index in [-0.39, 0.29) is 0 Å². The van der Waals surface area contributed by atoms with Gasteiger partial charge in [0.05, 0.1) is 18.4 Å². The lowest BCUT2D eigenvalue weighted by Gasteiger charge is -2.01. The Morgan fingerprint density at radius 3 is 2.86 bits per heavy atom. The average molecular weight is 203 g/mol. The van der Waals surface area contributed by atoms with Gasteiger partial charge in [-0.05, 0) is 18.2 Å². The summed E-state index contributed by atoms with van der Waals surface area (Å²) < 4.78 is 5.05. The molecule has 1 aromatic carbocycles. The number of hydrogen-bond donors (Lipinski definition) is 1. The first kappa shape index (κ1) is 10.5. The zero-order chi connectivity index (χ0) is 10.4. The van der Waals surface area contributed by atoms with Crippen molar-refractivity contribution in [3.63, 3.8) is 0 Å². The molecule has 0 bridgehead atoms. The molecule has 2 nitrogen and oxygen atoms in total. The molecule has 0 aliphatic rings. The van der Waals surface area contributed by atoms with Crippen LogP contribution in [0.25, 0.3) is 0 Å². The first-order valence-corrected chi connectivity index (χ1v) is 4.63. The molecule has 0 N–H and O–H groups in total. The molecule has 0 aliphatic heterocycles. The Kier molecular flexibility index (Phi) is 3.91.